The first kappa shape index (κ1) is 15.5. The number of carbonyl (C=O) groups is 1. The van der Waals surface area contributed by atoms with Gasteiger partial charge in [-0.2, -0.15) is 0 Å². The number of phenols is 1. The number of hydrogen-bond donors (Lipinski definition) is 1. The molecule has 2 unspecified atom stereocenters. The van der Waals surface area contributed by atoms with Gasteiger partial charge in [0.05, 0.1) is 14.2 Å². The van der Waals surface area contributed by atoms with Gasteiger partial charge in [0.15, 0.2) is 23.0 Å². The van der Waals surface area contributed by atoms with E-state index in [2.05, 4.69) is 11.9 Å². The van der Waals surface area contributed by atoms with E-state index < -0.39 is 0 Å². The molecule has 0 aromatic heterocycles. The number of likely N-dealkylation sites (N-methyl/N-ethyl adjacent to an activating group) is 1. The zero-order valence-corrected chi connectivity index (χ0v) is 14.4. The van der Waals surface area contributed by atoms with Crippen molar-refractivity contribution in [3.63, 3.8) is 0 Å². The highest BCUT2D eigenvalue weighted by Gasteiger charge is 2.50. The fourth-order valence-electron chi connectivity index (χ4n) is 4.74. The summed E-state index contributed by atoms with van der Waals surface area (Å²) in [5, 5.41) is 10.9. The van der Waals surface area contributed by atoms with Gasteiger partial charge in [0.1, 0.15) is 0 Å². The lowest BCUT2D eigenvalue weighted by atomic mass is 9.73. The van der Waals surface area contributed by atoms with Gasteiger partial charge in [-0.05, 0) is 49.6 Å². The number of rotatable bonds is 2. The summed E-state index contributed by atoms with van der Waals surface area (Å²) in [4.78, 5) is 14.4. The van der Waals surface area contributed by atoms with E-state index in [9.17, 15) is 9.90 Å². The van der Waals surface area contributed by atoms with Crippen LogP contribution >= 0.6 is 0 Å². The van der Waals surface area contributed by atoms with Gasteiger partial charge < -0.3 is 14.6 Å². The van der Waals surface area contributed by atoms with Crippen LogP contribution in [0.3, 0.4) is 0 Å². The van der Waals surface area contributed by atoms with Gasteiger partial charge in [0.25, 0.3) is 0 Å². The molecule has 1 aromatic rings. The van der Waals surface area contributed by atoms with Crippen molar-refractivity contribution in [1.82, 2.24) is 4.90 Å². The molecular weight excluding hydrogens is 306 g/mol. The molecule has 24 heavy (non-hydrogen) atoms. The summed E-state index contributed by atoms with van der Waals surface area (Å²) in [6.45, 7) is 0.987. The zero-order chi connectivity index (χ0) is 17.1. The second kappa shape index (κ2) is 5.24. The Morgan fingerprint density at radius 2 is 2.08 bits per heavy atom. The molecule has 1 aliphatic heterocycles. The predicted octanol–water partition coefficient (Wildman–Crippen LogP) is 2.46. The maximum Gasteiger partial charge on any atom is 0.197 e. The molecule has 1 aromatic carbocycles. The third-order valence-corrected chi connectivity index (χ3v) is 5.97. The highest BCUT2D eigenvalue weighted by Crippen LogP contribution is 2.59. The topological polar surface area (TPSA) is 59.0 Å². The Kier molecular flexibility index (Phi) is 3.39. The minimum atomic E-state index is -0.356. The highest BCUT2D eigenvalue weighted by molar-refractivity contribution is 5.95. The summed E-state index contributed by atoms with van der Waals surface area (Å²) in [7, 11) is 5.26. The van der Waals surface area contributed by atoms with Crippen LogP contribution in [0.4, 0.5) is 0 Å². The number of benzene rings is 1. The number of allylic oxidation sites excluding steroid dienone is 2. The summed E-state index contributed by atoms with van der Waals surface area (Å²) in [5.74, 6) is 1.20. The monoisotopic (exact) mass is 329 g/mol. The maximum absolute atomic E-state index is 12.1. The molecule has 0 fully saturated rings. The molecule has 1 spiro atoms. The summed E-state index contributed by atoms with van der Waals surface area (Å²) in [6.07, 6.45) is 4.91. The van der Waals surface area contributed by atoms with Gasteiger partial charge >= 0.3 is 0 Å². The van der Waals surface area contributed by atoms with E-state index in [1.165, 1.54) is 18.2 Å². The van der Waals surface area contributed by atoms with Crippen LogP contribution in [-0.4, -0.2) is 43.6 Å². The molecule has 2 atom stereocenters. The van der Waals surface area contributed by atoms with E-state index in [-0.39, 0.29) is 23.0 Å². The lowest BCUT2D eigenvalue weighted by molar-refractivity contribution is -0.119. The number of ketones is 1. The SMILES string of the molecule is COC1=CC2(CCC1=O)CC1c3c(cc(OC)c(O)c32)CCN1C. The molecular formula is C19H23NO4. The molecule has 5 heteroatoms. The highest BCUT2D eigenvalue weighted by atomic mass is 16.5. The normalized spacial score (nSPS) is 28.7. The van der Waals surface area contributed by atoms with Crippen molar-refractivity contribution in [3.8, 4) is 11.5 Å². The first-order valence-electron chi connectivity index (χ1n) is 8.44. The number of hydrogen-bond acceptors (Lipinski definition) is 5. The van der Waals surface area contributed by atoms with E-state index in [0.717, 1.165) is 24.9 Å². The van der Waals surface area contributed by atoms with Crippen molar-refractivity contribution in [2.24, 2.45) is 0 Å². The van der Waals surface area contributed by atoms with E-state index in [4.69, 9.17) is 9.47 Å². The number of methoxy groups -OCH3 is 2. The van der Waals surface area contributed by atoms with Crippen molar-refractivity contribution < 1.29 is 19.4 Å². The quantitative estimate of drug-likeness (QED) is 0.903. The van der Waals surface area contributed by atoms with Gasteiger partial charge in [-0.3, -0.25) is 9.69 Å². The van der Waals surface area contributed by atoms with Crippen molar-refractivity contribution in [3.05, 3.63) is 34.6 Å². The standard InChI is InChI=1S/C19H23NO4/c1-20-7-5-11-8-14(23-2)18(22)17-16(11)12(20)9-19(17)6-4-13(21)15(10-19)24-3/h8,10,12,22H,4-7,9H2,1-3H3. The molecule has 5 nitrogen and oxygen atoms in total. The minimum absolute atomic E-state index is 0.0407. The van der Waals surface area contributed by atoms with Gasteiger partial charge in [-0.15, -0.1) is 0 Å². The van der Waals surface area contributed by atoms with Crippen molar-refractivity contribution in [2.45, 2.75) is 37.1 Å². The van der Waals surface area contributed by atoms with E-state index >= 15 is 0 Å². The molecule has 4 rings (SSSR count). The smallest absolute Gasteiger partial charge is 0.197 e. The molecule has 0 saturated heterocycles. The first-order valence-corrected chi connectivity index (χ1v) is 8.44. The molecule has 0 amide bonds. The van der Waals surface area contributed by atoms with Crippen LogP contribution in [-0.2, 0) is 21.4 Å². The lowest BCUT2D eigenvalue weighted by Gasteiger charge is -2.33. The molecule has 0 radical (unpaired) electrons. The van der Waals surface area contributed by atoms with Crippen LogP contribution in [0.5, 0.6) is 11.5 Å². The Morgan fingerprint density at radius 1 is 1.29 bits per heavy atom. The van der Waals surface area contributed by atoms with Crippen molar-refractivity contribution in [2.75, 3.05) is 27.8 Å². The Bertz CT molecular complexity index is 754. The second-order valence-corrected chi connectivity index (χ2v) is 7.12. The second-order valence-electron chi connectivity index (χ2n) is 7.12. The van der Waals surface area contributed by atoms with Crippen LogP contribution in [0.25, 0.3) is 0 Å². The Hall–Kier alpha value is -2.01. The van der Waals surface area contributed by atoms with Gasteiger partial charge in [0.2, 0.25) is 0 Å². The van der Waals surface area contributed by atoms with Gasteiger partial charge in [0, 0.05) is 30.0 Å². The zero-order valence-electron chi connectivity index (χ0n) is 14.4. The lowest BCUT2D eigenvalue weighted by Crippen LogP contribution is -2.32. The fraction of sp³-hybridized carbons (Fsp3) is 0.526. The Morgan fingerprint density at radius 3 is 2.79 bits per heavy atom. The molecule has 0 saturated carbocycles. The molecule has 1 heterocycles. The number of phenolic OH excluding ortho intramolecular Hbond substituents is 1. The first-order chi connectivity index (χ1) is 11.5. The summed E-state index contributed by atoms with van der Waals surface area (Å²) in [6, 6.07) is 2.24. The summed E-state index contributed by atoms with van der Waals surface area (Å²) >= 11 is 0. The van der Waals surface area contributed by atoms with Gasteiger partial charge in [-0.1, -0.05) is 0 Å². The van der Waals surface area contributed by atoms with Crippen LogP contribution in [0.2, 0.25) is 0 Å². The maximum atomic E-state index is 12.1. The number of carbonyl (C=O) groups excluding carboxylic acids is 1. The van der Waals surface area contributed by atoms with Crippen LogP contribution in [0.1, 0.15) is 42.0 Å². The Labute approximate surface area is 141 Å². The third kappa shape index (κ3) is 1.94. The number of nitrogens with zero attached hydrogens (tertiary/aromatic N) is 1. The number of aromatic hydroxyl groups is 1. The van der Waals surface area contributed by atoms with E-state index in [1.807, 2.05) is 12.1 Å². The van der Waals surface area contributed by atoms with E-state index in [1.54, 1.807) is 7.11 Å². The predicted molar refractivity (Wildman–Crippen MR) is 89.4 cm³/mol. The number of fused-ring (bicyclic) bond motifs is 1. The molecule has 2 aliphatic carbocycles. The number of Topliss-reactive ketones (excluding diaryl/α,β-unsaturated/α-hetero) is 1. The van der Waals surface area contributed by atoms with Crippen molar-refractivity contribution >= 4 is 5.78 Å². The van der Waals surface area contributed by atoms with Crippen LogP contribution in [0.15, 0.2) is 17.9 Å². The molecule has 1 N–H and O–H groups in total. The largest absolute Gasteiger partial charge is 0.504 e. The van der Waals surface area contributed by atoms with E-state index in [0.29, 0.717) is 24.4 Å². The summed E-state index contributed by atoms with van der Waals surface area (Å²) in [5.41, 5.74) is 3.06. The summed E-state index contributed by atoms with van der Waals surface area (Å²) < 4.78 is 10.8. The third-order valence-electron chi connectivity index (χ3n) is 5.97. The van der Waals surface area contributed by atoms with Crippen LogP contribution < -0.4 is 4.74 Å². The minimum Gasteiger partial charge on any atom is -0.504 e. The molecule has 3 aliphatic rings. The van der Waals surface area contributed by atoms with Crippen LogP contribution in [0, 0.1) is 0 Å². The number of ether oxygens (including phenoxy) is 2. The average molecular weight is 329 g/mol. The molecule has 128 valence electrons. The average Bonchev–Trinajstić information content (AvgIpc) is 2.92. The molecule has 0 bridgehead atoms. The van der Waals surface area contributed by atoms with Gasteiger partial charge in [-0.25, -0.2) is 0 Å². The Balaban J connectivity index is 1.98. The van der Waals surface area contributed by atoms with Crippen molar-refractivity contribution in [1.29, 1.82) is 0 Å². The fourth-order valence-corrected chi connectivity index (χ4v) is 4.74.